The maximum Gasteiger partial charge on any atom is 0.323 e. The molecule has 0 saturated heterocycles. The van der Waals surface area contributed by atoms with Gasteiger partial charge < -0.3 is 9.47 Å². The molecule has 0 N–H and O–H groups in total. The predicted molar refractivity (Wildman–Crippen MR) is 63.2 cm³/mol. The number of allylic oxidation sites excluding steroid dienone is 1. The summed E-state index contributed by atoms with van der Waals surface area (Å²) in [6.07, 6.45) is 0.762. The Morgan fingerprint density at radius 3 is 2.06 bits per heavy atom. The molecule has 96 valence electrons. The number of methoxy groups -OCH3 is 2. The maximum absolute atomic E-state index is 11.9. The van der Waals surface area contributed by atoms with Gasteiger partial charge in [-0.2, -0.15) is 0 Å². The molecule has 0 spiro atoms. The normalized spacial score (nSPS) is 22.6. The standard InChI is InChI=1S/C13H20O4/c1-8(2)10-7-13(6-9(10)3,11(14)16-4)12(15)17-5/h8,10H,3,6-7H2,1-2,4-5H3. The molecule has 1 fully saturated rings. The lowest BCUT2D eigenvalue weighted by molar-refractivity contribution is -0.168. The molecule has 0 radical (unpaired) electrons. The number of carbonyl (C=O) groups excluding carboxylic acids is 2. The minimum atomic E-state index is -1.18. The first-order valence-corrected chi connectivity index (χ1v) is 5.73. The minimum Gasteiger partial charge on any atom is -0.468 e. The van der Waals surface area contributed by atoms with Gasteiger partial charge in [-0.05, 0) is 24.7 Å². The molecule has 1 unspecified atom stereocenters. The Balaban J connectivity index is 3.08. The van der Waals surface area contributed by atoms with Gasteiger partial charge in [0.2, 0.25) is 0 Å². The second-order valence-electron chi connectivity index (χ2n) is 4.95. The summed E-state index contributed by atoms with van der Waals surface area (Å²) in [5.41, 5.74) is -0.258. The first-order chi connectivity index (χ1) is 7.89. The molecular weight excluding hydrogens is 220 g/mol. The molecule has 0 amide bonds. The van der Waals surface area contributed by atoms with E-state index in [1.165, 1.54) is 14.2 Å². The van der Waals surface area contributed by atoms with E-state index in [0.717, 1.165) is 5.57 Å². The van der Waals surface area contributed by atoms with Crippen LogP contribution >= 0.6 is 0 Å². The van der Waals surface area contributed by atoms with Crippen LogP contribution < -0.4 is 0 Å². The van der Waals surface area contributed by atoms with Gasteiger partial charge in [-0.1, -0.05) is 26.0 Å². The SMILES string of the molecule is C=C1CC(C(=O)OC)(C(=O)OC)CC1C(C)C. The Kier molecular flexibility index (Phi) is 3.96. The molecule has 1 aliphatic rings. The summed E-state index contributed by atoms with van der Waals surface area (Å²) in [4.78, 5) is 23.8. The van der Waals surface area contributed by atoms with Crippen molar-refractivity contribution in [2.75, 3.05) is 14.2 Å². The summed E-state index contributed by atoms with van der Waals surface area (Å²) in [6.45, 7) is 8.08. The van der Waals surface area contributed by atoms with Crippen LogP contribution in [0, 0.1) is 17.3 Å². The maximum atomic E-state index is 11.9. The van der Waals surface area contributed by atoms with E-state index in [4.69, 9.17) is 9.47 Å². The third-order valence-electron chi connectivity index (χ3n) is 3.58. The van der Waals surface area contributed by atoms with Gasteiger partial charge in [0.05, 0.1) is 14.2 Å². The van der Waals surface area contributed by atoms with Crippen LogP contribution in [0.25, 0.3) is 0 Å². The summed E-state index contributed by atoms with van der Waals surface area (Å²) in [6, 6.07) is 0. The van der Waals surface area contributed by atoms with Crippen LogP contribution in [0.1, 0.15) is 26.7 Å². The van der Waals surface area contributed by atoms with E-state index < -0.39 is 17.4 Å². The van der Waals surface area contributed by atoms with E-state index >= 15 is 0 Å². The number of hydrogen-bond donors (Lipinski definition) is 0. The first kappa shape index (κ1) is 13.7. The molecule has 1 aliphatic carbocycles. The van der Waals surface area contributed by atoms with Gasteiger partial charge >= 0.3 is 11.9 Å². The predicted octanol–water partition coefficient (Wildman–Crippen LogP) is 1.94. The summed E-state index contributed by atoms with van der Waals surface area (Å²) < 4.78 is 9.51. The van der Waals surface area contributed by atoms with Crippen LogP contribution in [0.3, 0.4) is 0 Å². The molecule has 1 atom stereocenters. The van der Waals surface area contributed by atoms with E-state index in [0.29, 0.717) is 18.8 Å². The molecule has 0 aromatic carbocycles. The van der Waals surface area contributed by atoms with Gasteiger partial charge in [0.25, 0.3) is 0 Å². The lowest BCUT2D eigenvalue weighted by Gasteiger charge is -2.23. The second-order valence-corrected chi connectivity index (χ2v) is 4.95. The van der Waals surface area contributed by atoms with Gasteiger partial charge in [-0.3, -0.25) is 9.59 Å². The van der Waals surface area contributed by atoms with E-state index in [1.807, 2.05) is 0 Å². The first-order valence-electron chi connectivity index (χ1n) is 5.73. The fourth-order valence-corrected chi connectivity index (χ4v) is 2.60. The molecule has 4 heteroatoms. The number of ether oxygens (including phenoxy) is 2. The molecule has 17 heavy (non-hydrogen) atoms. The van der Waals surface area contributed by atoms with E-state index in [2.05, 4.69) is 20.4 Å². The average molecular weight is 240 g/mol. The second kappa shape index (κ2) is 4.90. The number of rotatable bonds is 3. The molecule has 0 aliphatic heterocycles. The number of esters is 2. The molecule has 0 aromatic heterocycles. The Bertz CT molecular complexity index is 327. The van der Waals surface area contributed by atoms with Gasteiger partial charge in [0.1, 0.15) is 0 Å². The van der Waals surface area contributed by atoms with Gasteiger partial charge in [0.15, 0.2) is 5.41 Å². The molecule has 1 saturated carbocycles. The quantitative estimate of drug-likeness (QED) is 0.430. The summed E-state index contributed by atoms with van der Waals surface area (Å²) in [5, 5.41) is 0. The van der Waals surface area contributed by atoms with Gasteiger partial charge in [-0.15, -0.1) is 0 Å². The monoisotopic (exact) mass is 240 g/mol. The Morgan fingerprint density at radius 1 is 1.29 bits per heavy atom. The van der Waals surface area contributed by atoms with Crippen LogP contribution in [0.2, 0.25) is 0 Å². The minimum absolute atomic E-state index is 0.160. The highest BCUT2D eigenvalue weighted by atomic mass is 16.5. The molecule has 0 heterocycles. The third kappa shape index (κ3) is 2.21. The highest BCUT2D eigenvalue weighted by molar-refractivity contribution is 6.01. The van der Waals surface area contributed by atoms with Crippen molar-refractivity contribution < 1.29 is 19.1 Å². The Labute approximate surface area is 102 Å². The van der Waals surface area contributed by atoms with Crippen molar-refractivity contribution in [2.45, 2.75) is 26.7 Å². The molecule has 0 bridgehead atoms. The van der Waals surface area contributed by atoms with Crippen molar-refractivity contribution in [3.05, 3.63) is 12.2 Å². The van der Waals surface area contributed by atoms with E-state index in [9.17, 15) is 9.59 Å². The topological polar surface area (TPSA) is 52.6 Å². The third-order valence-corrected chi connectivity index (χ3v) is 3.58. The van der Waals surface area contributed by atoms with Crippen LogP contribution in [0.4, 0.5) is 0 Å². The van der Waals surface area contributed by atoms with Gasteiger partial charge in [-0.25, -0.2) is 0 Å². The highest BCUT2D eigenvalue weighted by Gasteiger charge is 2.55. The Hall–Kier alpha value is -1.32. The summed E-state index contributed by atoms with van der Waals surface area (Å²) in [7, 11) is 2.58. The number of hydrogen-bond acceptors (Lipinski definition) is 4. The smallest absolute Gasteiger partial charge is 0.323 e. The van der Waals surface area contributed by atoms with Crippen LogP contribution in [0.15, 0.2) is 12.2 Å². The fraction of sp³-hybridized carbons (Fsp3) is 0.692. The zero-order valence-corrected chi connectivity index (χ0v) is 10.9. The van der Waals surface area contributed by atoms with Crippen molar-refractivity contribution in [2.24, 2.45) is 17.3 Å². The Morgan fingerprint density at radius 2 is 1.76 bits per heavy atom. The van der Waals surface area contributed by atoms with Crippen LogP contribution in [-0.4, -0.2) is 26.2 Å². The van der Waals surface area contributed by atoms with Crippen LogP contribution in [-0.2, 0) is 19.1 Å². The highest BCUT2D eigenvalue weighted by Crippen LogP contribution is 2.49. The average Bonchev–Trinajstić information content (AvgIpc) is 2.66. The summed E-state index contributed by atoms with van der Waals surface area (Å²) in [5.74, 6) is -0.533. The molecule has 1 rings (SSSR count). The van der Waals surface area contributed by atoms with Gasteiger partial charge in [0, 0.05) is 0 Å². The van der Waals surface area contributed by atoms with E-state index in [1.54, 1.807) is 0 Å². The largest absolute Gasteiger partial charge is 0.468 e. The summed E-state index contributed by atoms with van der Waals surface area (Å²) >= 11 is 0. The fourth-order valence-electron chi connectivity index (χ4n) is 2.60. The molecule has 4 nitrogen and oxygen atoms in total. The lowest BCUT2D eigenvalue weighted by atomic mass is 9.83. The zero-order chi connectivity index (χ0) is 13.2. The van der Waals surface area contributed by atoms with Crippen molar-refractivity contribution in [1.82, 2.24) is 0 Å². The van der Waals surface area contributed by atoms with Crippen molar-refractivity contribution in [3.8, 4) is 0 Å². The van der Waals surface area contributed by atoms with Crippen molar-refractivity contribution in [3.63, 3.8) is 0 Å². The zero-order valence-electron chi connectivity index (χ0n) is 10.9. The van der Waals surface area contributed by atoms with Crippen molar-refractivity contribution in [1.29, 1.82) is 0 Å². The van der Waals surface area contributed by atoms with Crippen LogP contribution in [0.5, 0.6) is 0 Å². The van der Waals surface area contributed by atoms with Crippen molar-refractivity contribution >= 4 is 11.9 Å². The lowest BCUT2D eigenvalue weighted by Crippen LogP contribution is -2.39. The molecule has 0 aromatic rings. The number of carbonyl (C=O) groups is 2. The van der Waals surface area contributed by atoms with E-state index in [-0.39, 0.29) is 5.92 Å². The molecular formula is C13H20O4.